The number of aryl methyl sites for hydroxylation is 3. The fourth-order valence-electron chi connectivity index (χ4n) is 2.31. The van der Waals surface area contributed by atoms with Crippen LogP contribution >= 0.6 is 0 Å². The second-order valence-corrected chi connectivity index (χ2v) is 5.62. The summed E-state index contributed by atoms with van der Waals surface area (Å²) in [6, 6.07) is 0. The lowest BCUT2D eigenvalue weighted by Crippen LogP contribution is -2.31. The van der Waals surface area contributed by atoms with E-state index >= 15 is 0 Å². The fraction of sp³-hybridized carbons (Fsp3) is 0.571. The van der Waals surface area contributed by atoms with E-state index in [0.717, 1.165) is 19.3 Å². The van der Waals surface area contributed by atoms with Crippen LogP contribution in [0.5, 0.6) is 0 Å². The molecular formula is C14H22N8O2. The molecule has 130 valence electrons. The number of anilines is 1. The van der Waals surface area contributed by atoms with E-state index in [1.807, 2.05) is 0 Å². The number of nitrogens with zero attached hydrogens (tertiary/aromatic N) is 8. The van der Waals surface area contributed by atoms with Crippen molar-refractivity contribution in [2.75, 3.05) is 25.5 Å². The monoisotopic (exact) mass is 334 g/mol. The predicted molar refractivity (Wildman–Crippen MR) is 86.4 cm³/mol. The van der Waals surface area contributed by atoms with Gasteiger partial charge in [0.05, 0.1) is 13.4 Å². The second kappa shape index (κ2) is 7.66. The van der Waals surface area contributed by atoms with Crippen molar-refractivity contribution in [3.8, 4) is 0 Å². The third-order valence-electron chi connectivity index (χ3n) is 3.65. The summed E-state index contributed by atoms with van der Waals surface area (Å²) in [5.74, 6) is 0.887. The predicted octanol–water partition coefficient (Wildman–Crippen LogP) is -0.369. The topological polar surface area (TPSA) is 102 Å². The lowest BCUT2D eigenvalue weighted by Gasteiger charge is -2.19. The number of unbranched alkanes of at least 4 members (excludes halogenated alkanes) is 1. The number of carbonyl (C=O) groups excluding carboxylic acids is 2. The second-order valence-electron chi connectivity index (χ2n) is 5.62. The molecule has 10 nitrogen and oxygen atoms in total. The Morgan fingerprint density at radius 2 is 2.04 bits per heavy atom. The van der Waals surface area contributed by atoms with Crippen LogP contribution in [0.15, 0.2) is 6.33 Å². The van der Waals surface area contributed by atoms with Crippen molar-refractivity contribution in [2.24, 2.45) is 14.1 Å². The van der Waals surface area contributed by atoms with Crippen molar-refractivity contribution in [1.29, 1.82) is 0 Å². The van der Waals surface area contributed by atoms with Gasteiger partial charge in [0.2, 0.25) is 6.41 Å². The molecule has 0 unspecified atom stereocenters. The highest BCUT2D eigenvalue weighted by Crippen LogP contribution is 2.17. The molecule has 2 rings (SSSR count). The molecule has 10 heteroatoms. The van der Waals surface area contributed by atoms with Crippen LogP contribution in [-0.2, 0) is 25.3 Å². The normalized spacial score (nSPS) is 10.7. The lowest BCUT2D eigenvalue weighted by atomic mass is 10.2. The molecule has 0 fully saturated rings. The van der Waals surface area contributed by atoms with E-state index in [-0.39, 0.29) is 5.91 Å². The van der Waals surface area contributed by atoms with Gasteiger partial charge in [0.15, 0.2) is 17.3 Å². The van der Waals surface area contributed by atoms with Crippen LogP contribution < -0.4 is 4.90 Å². The van der Waals surface area contributed by atoms with E-state index < -0.39 is 0 Å². The molecule has 0 aromatic carbocycles. The van der Waals surface area contributed by atoms with Crippen molar-refractivity contribution >= 4 is 18.1 Å². The summed E-state index contributed by atoms with van der Waals surface area (Å²) in [6.45, 7) is 0.592. The number of imidazole rings is 1. The number of aromatic nitrogens is 6. The molecule has 24 heavy (non-hydrogen) atoms. The van der Waals surface area contributed by atoms with E-state index in [1.54, 1.807) is 37.7 Å². The molecule has 2 aromatic rings. The van der Waals surface area contributed by atoms with Gasteiger partial charge >= 0.3 is 0 Å². The number of rotatable bonds is 8. The zero-order chi connectivity index (χ0) is 17.7. The van der Waals surface area contributed by atoms with E-state index in [0.29, 0.717) is 30.3 Å². The number of carbonyl (C=O) groups is 2. The van der Waals surface area contributed by atoms with E-state index in [2.05, 4.69) is 20.4 Å². The number of tetrazole rings is 1. The molecule has 0 saturated carbocycles. The summed E-state index contributed by atoms with van der Waals surface area (Å²) in [6.07, 6.45) is 4.55. The van der Waals surface area contributed by atoms with Gasteiger partial charge in [-0.25, -0.2) is 4.98 Å². The Balaban J connectivity index is 1.90. The quantitative estimate of drug-likeness (QED) is 0.482. The molecule has 2 amide bonds. The van der Waals surface area contributed by atoms with Gasteiger partial charge in [-0.05, 0) is 18.1 Å². The van der Waals surface area contributed by atoms with Gasteiger partial charge in [-0.2, -0.15) is 4.80 Å². The molecule has 2 heterocycles. The minimum Gasteiger partial charge on any atom is -0.340 e. The standard InChI is InChI=1S/C14H22N8O2/c1-19(8-6-5-7-11-16-18-22(4)17-11)14(24)12-13(21(3)10-23)15-9-20(12)2/h9-10H,5-8H2,1-4H3. The van der Waals surface area contributed by atoms with Crippen LogP contribution in [-0.4, -0.2) is 67.6 Å². The summed E-state index contributed by atoms with van der Waals surface area (Å²) in [4.78, 5) is 32.0. The van der Waals surface area contributed by atoms with E-state index in [9.17, 15) is 9.59 Å². The molecule has 0 bridgehead atoms. The minimum absolute atomic E-state index is 0.170. The maximum Gasteiger partial charge on any atom is 0.274 e. The highest BCUT2D eigenvalue weighted by atomic mass is 16.2. The molecule has 2 aromatic heterocycles. The smallest absolute Gasteiger partial charge is 0.274 e. The number of hydrogen-bond donors (Lipinski definition) is 0. The first kappa shape index (κ1) is 17.6. The van der Waals surface area contributed by atoms with Crippen LogP contribution in [0.2, 0.25) is 0 Å². The van der Waals surface area contributed by atoms with Crippen molar-refractivity contribution < 1.29 is 9.59 Å². The molecule has 0 N–H and O–H groups in total. The van der Waals surface area contributed by atoms with Gasteiger partial charge in [-0.1, -0.05) is 0 Å². The Hall–Kier alpha value is -2.78. The molecule has 0 radical (unpaired) electrons. The van der Waals surface area contributed by atoms with Crippen LogP contribution in [0.25, 0.3) is 0 Å². The highest BCUT2D eigenvalue weighted by Gasteiger charge is 2.22. The third kappa shape index (κ3) is 3.94. The summed E-state index contributed by atoms with van der Waals surface area (Å²) >= 11 is 0. The Kier molecular flexibility index (Phi) is 5.61. The molecule has 0 aliphatic carbocycles. The van der Waals surface area contributed by atoms with Crippen LogP contribution in [0.3, 0.4) is 0 Å². The first-order valence-corrected chi connectivity index (χ1v) is 7.61. The Morgan fingerprint density at radius 1 is 1.29 bits per heavy atom. The molecular weight excluding hydrogens is 312 g/mol. The number of amides is 2. The molecule has 0 saturated heterocycles. The fourth-order valence-corrected chi connectivity index (χ4v) is 2.31. The van der Waals surface area contributed by atoms with E-state index in [4.69, 9.17) is 0 Å². The molecule has 0 aliphatic rings. The van der Waals surface area contributed by atoms with Gasteiger partial charge in [0, 0.05) is 34.1 Å². The third-order valence-corrected chi connectivity index (χ3v) is 3.65. The largest absolute Gasteiger partial charge is 0.340 e. The average Bonchev–Trinajstić information content (AvgIpc) is 3.15. The average molecular weight is 334 g/mol. The first-order chi connectivity index (χ1) is 11.4. The Labute approximate surface area is 140 Å². The summed E-state index contributed by atoms with van der Waals surface area (Å²) in [5.41, 5.74) is 0.391. The first-order valence-electron chi connectivity index (χ1n) is 7.61. The van der Waals surface area contributed by atoms with Crippen LogP contribution in [0.4, 0.5) is 5.82 Å². The zero-order valence-corrected chi connectivity index (χ0v) is 14.4. The highest BCUT2D eigenvalue weighted by molar-refractivity contribution is 5.99. The Bertz CT molecular complexity index is 707. The summed E-state index contributed by atoms with van der Waals surface area (Å²) in [7, 11) is 6.77. The van der Waals surface area contributed by atoms with E-state index in [1.165, 1.54) is 16.0 Å². The van der Waals surface area contributed by atoms with Crippen molar-refractivity contribution in [3.05, 3.63) is 17.8 Å². The van der Waals surface area contributed by atoms with Crippen molar-refractivity contribution in [3.63, 3.8) is 0 Å². The minimum atomic E-state index is -0.170. The Morgan fingerprint density at radius 3 is 2.67 bits per heavy atom. The lowest BCUT2D eigenvalue weighted by molar-refractivity contribution is -0.107. The van der Waals surface area contributed by atoms with Crippen LogP contribution in [0, 0.1) is 0 Å². The zero-order valence-electron chi connectivity index (χ0n) is 14.4. The summed E-state index contributed by atoms with van der Waals surface area (Å²) < 4.78 is 1.62. The van der Waals surface area contributed by atoms with Crippen molar-refractivity contribution in [1.82, 2.24) is 34.7 Å². The van der Waals surface area contributed by atoms with Crippen molar-refractivity contribution in [2.45, 2.75) is 19.3 Å². The molecule has 0 aliphatic heterocycles. The maximum atomic E-state index is 12.6. The van der Waals surface area contributed by atoms with Gasteiger partial charge in [-0.15, -0.1) is 10.2 Å². The number of hydrogen-bond acceptors (Lipinski definition) is 6. The van der Waals surface area contributed by atoms with Gasteiger partial charge in [-0.3, -0.25) is 9.59 Å². The van der Waals surface area contributed by atoms with Gasteiger partial charge in [0.1, 0.15) is 0 Å². The van der Waals surface area contributed by atoms with Gasteiger partial charge < -0.3 is 14.4 Å². The molecule has 0 spiro atoms. The maximum absolute atomic E-state index is 12.6. The SMILES string of the molecule is CN(CCCCc1nnn(C)n1)C(=O)c1c(N(C)C=O)ncn1C. The molecule has 0 atom stereocenters. The van der Waals surface area contributed by atoms with Gasteiger partial charge in [0.25, 0.3) is 5.91 Å². The summed E-state index contributed by atoms with van der Waals surface area (Å²) in [5, 5.41) is 11.8. The van der Waals surface area contributed by atoms with Crippen LogP contribution in [0.1, 0.15) is 29.2 Å².